The predicted molar refractivity (Wildman–Crippen MR) is 72.7 cm³/mol. The minimum Gasteiger partial charge on any atom is -0.469 e. The van der Waals surface area contributed by atoms with Gasteiger partial charge in [0.2, 0.25) is 0 Å². The first-order chi connectivity index (χ1) is 8.60. The van der Waals surface area contributed by atoms with E-state index in [-0.39, 0.29) is 12.4 Å². The van der Waals surface area contributed by atoms with Crippen LogP contribution in [-0.4, -0.2) is 18.1 Å². The molecule has 0 saturated heterocycles. The molecule has 0 aliphatic rings. The van der Waals surface area contributed by atoms with Crippen molar-refractivity contribution in [3.63, 3.8) is 0 Å². The molecule has 2 aromatic rings. The largest absolute Gasteiger partial charge is 0.469 e. The number of aromatic nitrogens is 1. The Morgan fingerprint density at radius 3 is 2.56 bits per heavy atom. The summed E-state index contributed by atoms with van der Waals surface area (Å²) in [6, 6.07) is 8.23. The lowest BCUT2D eigenvalue weighted by Gasteiger charge is -1.97. The van der Waals surface area contributed by atoms with Crippen LogP contribution >= 0.6 is 11.3 Å². The molecule has 4 heteroatoms. The van der Waals surface area contributed by atoms with Gasteiger partial charge in [-0.3, -0.25) is 4.79 Å². The van der Waals surface area contributed by atoms with Crippen LogP contribution < -0.4 is 0 Å². The predicted octanol–water partition coefficient (Wildman–Crippen LogP) is 3.14. The molecule has 0 radical (unpaired) electrons. The number of hydrogen-bond acceptors (Lipinski definition) is 4. The van der Waals surface area contributed by atoms with Crippen LogP contribution in [0.2, 0.25) is 0 Å². The SMILES string of the molecule is COC(=O)Cc1nc(-c2ccc(C)cc2)sc1C. The molecular weight excluding hydrogens is 246 g/mol. The Kier molecular flexibility index (Phi) is 3.77. The lowest BCUT2D eigenvalue weighted by molar-refractivity contribution is -0.139. The van der Waals surface area contributed by atoms with Crippen LogP contribution in [0, 0.1) is 13.8 Å². The van der Waals surface area contributed by atoms with Gasteiger partial charge in [0.05, 0.1) is 19.2 Å². The first-order valence-corrected chi connectivity index (χ1v) is 6.52. The molecule has 0 unspecified atom stereocenters. The maximum atomic E-state index is 11.3. The smallest absolute Gasteiger partial charge is 0.311 e. The van der Waals surface area contributed by atoms with Crippen molar-refractivity contribution in [3.8, 4) is 10.6 Å². The molecule has 0 bridgehead atoms. The molecule has 18 heavy (non-hydrogen) atoms. The highest BCUT2D eigenvalue weighted by atomic mass is 32.1. The number of nitrogens with zero attached hydrogens (tertiary/aromatic N) is 1. The summed E-state index contributed by atoms with van der Waals surface area (Å²) in [5.74, 6) is -0.251. The second-order valence-electron chi connectivity index (χ2n) is 4.14. The molecule has 2 rings (SSSR count). The minimum absolute atomic E-state index is 0.241. The van der Waals surface area contributed by atoms with E-state index in [9.17, 15) is 4.79 Å². The summed E-state index contributed by atoms with van der Waals surface area (Å²) in [6.45, 7) is 4.03. The van der Waals surface area contributed by atoms with Gasteiger partial charge in [0.1, 0.15) is 5.01 Å². The number of esters is 1. The van der Waals surface area contributed by atoms with Gasteiger partial charge in [0.15, 0.2) is 0 Å². The fraction of sp³-hybridized carbons (Fsp3) is 0.286. The van der Waals surface area contributed by atoms with Crippen LogP contribution in [0.1, 0.15) is 16.1 Å². The van der Waals surface area contributed by atoms with Crippen molar-refractivity contribution in [2.45, 2.75) is 20.3 Å². The second-order valence-corrected chi connectivity index (χ2v) is 5.34. The molecule has 0 spiro atoms. The van der Waals surface area contributed by atoms with E-state index in [2.05, 4.69) is 40.9 Å². The molecule has 0 aliphatic carbocycles. The van der Waals surface area contributed by atoms with Crippen molar-refractivity contribution in [1.82, 2.24) is 4.98 Å². The molecule has 0 N–H and O–H groups in total. The van der Waals surface area contributed by atoms with Gasteiger partial charge in [-0.1, -0.05) is 29.8 Å². The Morgan fingerprint density at radius 2 is 1.94 bits per heavy atom. The van der Waals surface area contributed by atoms with E-state index in [1.165, 1.54) is 12.7 Å². The van der Waals surface area contributed by atoms with Crippen LogP contribution in [0.5, 0.6) is 0 Å². The number of rotatable bonds is 3. The minimum atomic E-state index is -0.251. The molecular formula is C14H15NO2S. The number of carbonyl (C=O) groups is 1. The van der Waals surface area contributed by atoms with Gasteiger partial charge in [0, 0.05) is 10.4 Å². The van der Waals surface area contributed by atoms with Crippen LogP contribution in [0.25, 0.3) is 10.6 Å². The van der Waals surface area contributed by atoms with Gasteiger partial charge in [-0.15, -0.1) is 11.3 Å². The average molecular weight is 261 g/mol. The molecule has 94 valence electrons. The molecule has 1 heterocycles. The van der Waals surface area contributed by atoms with Crippen LogP contribution in [0.15, 0.2) is 24.3 Å². The zero-order valence-electron chi connectivity index (χ0n) is 10.7. The van der Waals surface area contributed by atoms with Crippen molar-refractivity contribution in [2.75, 3.05) is 7.11 Å². The van der Waals surface area contributed by atoms with Crippen molar-refractivity contribution in [3.05, 3.63) is 40.4 Å². The molecule has 0 amide bonds. The maximum absolute atomic E-state index is 11.3. The monoisotopic (exact) mass is 261 g/mol. The Balaban J connectivity index is 2.28. The summed E-state index contributed by atoms with van der Waals surface area (Å²) in [7, 11) is 1.39. The van der Waals surface area contributed by atoms with E-state index < -0.39 is 0 Å². The summed E-state index contributed by atoms with van der Waals surface area (Å²) in [6.07, 6.45) is 0.241. The number of ether oxygens (including phenoxy) is 1. The number of aryl methyl sites for hydroxylation is 2. The fourth-order valence-electron chi connectivity index (χ4n) is 1.62. The molecule has 0 atom stereocenters. The summed E-state index contributed by atoms with van der Waals surface area (Å²) >= 11 is 1.61. The van der Waals surface area contributed by atoms with Crippen molar-refractivity contribution in [1.29, 1.82) is 0 Å². The number of carbonyl (C=O) groups excluding carboxylic acids is 1. The number of methoxy groups -OCH3 is 1. The summed E-state index contributed by atoms with van der Waals surface area (Å²) in [5.41, 5.74) is 3.12. The standard InChI is InChI=1S/C14H15NO2S/c1-9-4-6-11(7-5-9)14-15-12(10(2)18-14)8-13(16)17-3/h4-7H,8H2,1-3H3. The van der Waals surface area contributed by atoms with E-state index in [0.29, 0.717) is 0 Å². The highest BCUT2D eigenvalue weighted by Gasteiger charge is 2.12. The van der Waals surface area contributed by atoms with Crippen LogP contribution in [-0.2, 0) is 16.0 Å². The average Bonchev–Trinajstić information content (AvgIpc) is 2.71. The van der Waals surface area contributed by atoms with Crippen molar-refractivity contribution in [2.24, 2.45) is 0 Å². The second kappa shape index (κ2) is 5.31. The van der Waals surface area contributed by atoms with Gasteiger partial charge >= 0.3 is 5.97 Å². The summed E-state index contributed by atoms with van der Waals surface area (Å²) in [4.78, 5) is 16.8. The third kappa shape index (κ3) is 2.76. The van der Waals surface area contributed by atoms with Gasteiger partial charge in [0.25, 0.3) is 0 Å². The Bertz CT molecular complexity index is 558. The lowest BCUT2D eigenvalue weighted by Crippen LogP contribution is -2.05. The fourth-order valence-corrected chi connectivity index (χ4v) is 2.56. The first-order valence-electron chi connectivity index (χ1n) is 5.70. The van der Waals surface area contributed by atoms with Crippen LogP contribution in [0.3, 0.4) is 0 Å². The Hall–Kier alpha value is -1.68. The molecule has 0 saturated carbocycles. The van der Waals surface area contributed by atoms with Gasteiger partial charge in [-0.05, 0) is 13.8 Å². The van der Waals surface area contributed by atoms with E-state index in [4.69, 9.17) is 0 Å². The molecule has 1 aromatic carbocycles. The molecule has 0 fully saturated rings. The summed E-state index contributed by atoms with van der Waals surface area (Å²) in [5, 5.41) is 0.950. The number of benzene rings is 1. The van der Waals surface area contributed by atoms with Gasteiger partial charge in [-0.25, -0.2) is 4.98 Å². The Morgan fingerprint density at radius 1 is 1.28 bits per heavy atom. The van der Waals surface area contributed by atoms with Gasteiger partial charge < -0.3 is 4.74 Å². The Labute approximate surface area is 110 Å². The zero-order chi connectivity index (χ0) is 13.1. The quantitative estimate of drug-likeness (QED) is 0.797. The third-order valence-corrected chi connectivity index (χ3v) is 3.79. The number of hydrogen-bond donors (Lipinski definition) is 0. The van der Waals surface area contributed by atoms with E-state index in [0.717, 1.165) is 21.1 Å². The molecule has 1 aromatic heterocycles. The first kappa shape index (κ1) is 12.8. The topological polar surface area (TPSA) is 39.2 Å². The van der Waals surface area contributed by atoms with Crippen molar-refractivity contribution < 1.29 is 9.53 Å². The van der Waals surface area contributed by atoms with E-state index in [1.807, 2.05) is 6.92 Å². The van der Waals surface area contributed by atoms with Gasteiger partial charge in [-0.2, -0.15) is 0 Å². The van der Waals surface area contributed by atoms with E-state index in [1.54, 1.807) is 11.3 Å². The maximum Gasteiger partial charge on any atom is 0.311 e. The highest BCUT2D eigenvalue weighted by molar-refractivity contribution is 7.15. The molecule has 3 nitrogen and oxygen atoms in total. The molecule has 0 aliphatic heterocycles. The van der Waals surface area contributed by atoms with E-state index >= 15 is 0 Å². The lowest BCUT2D eigenvalue weighted by atomic mass is 10.2. The van der Waals surface area contributed by atoms with Crippen LogP contribution in [0.4, 0.5) is 0 Å². The summed E-state index contributed by atoms with van der Waals surface area (Å²) < 4.78 is 4.67. The zero-order valence-corrected chi connectivity index (χ0v) is 11.5. The highest BCUT2D eigenvalue weighted by Crippen LogP contribution is 2.28. The normalized spacial score (nSPS) is 10.4. The third-order valence-electron chi connectivity index (χ3n) is 2.73. The number of thiazole rings is 1. The van der Waals surface area contributed by atoms with Crippen molar-refractivity contribution >= 4 is 17.3 Å².